The minimum Gasteiger partial charge on any atom is -0.394 e. The topological polar surface area (TPSA) is 60.7 Å². The highest BCUT2D eigenvalue weighted by Crippen LogP contribution is 2.00. The van der Waals surface area contributed by atoms with Gasteiger partial charge in [-0.15, -0.1) is 11.8 Å². The summed E-state index contributed by atoms with van der Waals surface area (Å²) in [5, 5.41) is 26.4. The van der Waals surface area contributed by atoms with E-state index in [2.05, 4.69) is 11.8 Å². The summed E-state index contributed by atoms with van der Waals surface area (Å²) in [6.07, 6.45) is -0.938. The maximum Gasteiger partial charge on any atom is 0.103 e. The second-order valence-corrected chi connectivity index (χ2v) is 2.28. The SMILES string of the molecule is CC#CCCC(O)C(O)CO. The lowest BCUT2D eigenvalue weighted by Gasteiger charge is -2.13. The van der Waals surface area contributed by atoms with Crippen LogP contribution in [0.2, 0.25) is 0 Å². The second-order valence-electron chi connectivity index (χ2n) is 2.28. The van der Waals surface area contributed by atoms with Crippen LogP contribution in [-0.2, 0) is 0 Å². The number of hydrogen-bond donors (Lipinski definition) is 3. The first-order chi connectivity index (χ1) is 5.22. The van der Waals surface area contributed by atoms with Crippen molar-refractivity contribution < 1.29 is 15.3 Å². The molecule has 0 aliphatic carbocycles. The zero-order chi connectivity index (χ0) is 8.69. The predicted molar refractivity (Wildman–Crippen MR) is 41.8 cm³/mol. The van der Waals surface area contributed by atoms with E-state index in [0.29, 0.717) is 12.8 Å². The van der Waals surface area contributed by atoms with Crippen LogP contribution in [0.1, 0.15) is 19.8 Å². The summed E-state index contributed by atoms with van der Waals surface area (Å²) < 4.78 is 0. The summed E-state index contributed by atoms with van der Waals surface area (Å²) in [6.45, 7) is 1.32. The largest absolute Gasteiger partial charge is 0.394 e. The minimum atomic E-state index is -1.03. The molecule has 0 spiro atoms. The van der Waals surface area contributed by atoms with Gasteiger partial charge < -0.3 is 15.3 Å². The molecule has 0 saturated heterocycles. The highest BCUT2D eigenvalue weighted by molar-refractivity contribution is 4.95. The Hall–Kier alpha value is -0.560. The Labute approximate surface area is 66.7 Å². The summed E-state index contributed by atoms with van der Waals surface area (Å²) in [4.78, 5) is 0. The van der Waals surface area contributed by atoms with E-state index in [1.807, 2.05) is 0 Å². The molecular weight excluding hydrogens is 144 g/mol. The molecule has 0 fully saturated rings. The van der Waals surface area contributed by atoms with E-state index in [0.717, 1.165) is 0 Å². The molecule has 0 amide bonds. The predicted octanol–water partition coefficient (Wildman–Crippen LogP) is -0.496. The van der Waals surface area contributed by atoms with E-state index in [9.17, 15) is 0 Å². The zero-order valence-corrected chi connectivity index (χ0v) is 6.62. The molecule has 0 radical (unpaired) electrons. The first kappa shape index (κ1) is 10.4. The highest BCUT2D eigenvalue weighted by atomic mass is 16.4. The molecule has 0 aromatic carbocycles. The van der Waals surface area contributed by atoms with Crippen LogP contribution in [0.15, 0.2) is 0 Å². The van der Waals surface area contributed by atoms with Crippen molar-refractivity contribution in [2.24, 2.45) is 0 Å². The molecule has 0 heterocycles. The molecule has 0 bridgehead atoms. The van der Waals surface area contributed by atoms with Gasteiger partial charge in [-0.1, -0.05) is 0 Å². The first-order valence-electron chi connectivity index (χ1n) is 3.59. The molecule has 11 heavy (non-hydrogen) atoms. The van der Waals surface area contributed by atoms with Crippen LogP contribution in [0.4, 0.5) is 0 Å². The van der Waals surface area contributed by atoms with Gasteiger partial charge >= 0.3 is 0 Å². The number of hydrogen-bond acceptors (Lipinski definition) is 3. The monoisotopic (exact) mass is 158 g/mol. The van der Waals surface area contributed by atoms with Crippen molar-refractivity contribution in [3.8, 4) is 11.8 Å². The van der Waals surface area contributed by atoms with Gasteiger partial charge in [0.05, 0.1) is 12.7 Å². The smallest absolute Gasteiger partial charge is 0.103 e. The van der Waals surface area contributed by atoms with Crippen LogP contribution >= 0.6 is 0 Å². The van der Waals surface area contributed by atoms with Gasteiger partial charge in [-0.2, -0.15) is 0 Å². The fourth-order valence-corrected chi connectivity index (χ4v) is 0.659. The average Bonchev–Trinajstić information content (AvgIpc) is 2.03. The highest BCUT2D eigenvalue weighted by Gasteiger charge is 2.13. The molecule has 0 rings (SSSR count). The van der Waals surface area contributed by atoms with Gasteiger partial charge in [-0.25, -0.2) is 0 Å². The fraction of sp³-hybridized carbons (Fsp3) is 0.750. The number of rotatable bonds is 4. The van der Waals surface area contributed by atoms with E-state index in [-0.39, 0.29) is 0 Å². The van der Waals surface area contributed by atoms with Crippen LogP contribution in [-0.4, -0.2) is 34.1 Å². The van der Waals surface area contributed by atoms with Gasteiger partial charge in [0.1, 0.15) is 6.10 Å². The summed E-state index contributed by atoms with van der Waals surface area (Å²) in [5.41, 5.74) is 0. The van der Waals surface area contributed by atoms with E-state index in [4.69, 9.17) is 15.3 Å². The Morgan fingerprint density at radius 1 is 1.27 bits per heavy atom. The molecule has 2 unspecified atom stereocenters. The lowest BCUT2D eigenvalue weighted by molar-refractivity contribution is -0.0167. The quantitative estimate of drug-likeness (QED) is 0.483. The zero-order valence-electron chi connectivity index (χ0n) is 6.62. The second kappa shape index (κ2) is 6.17. The molecular formula is C8H14O3. The molecule has 0 aromatic heterocycles. The molecule has 3 N–H and O–H groups in total. The third-order valence-electron chi connectivity index (χ3n) is 1.37. The molecule has 3 nitrogen and oxygen atoms in total. The fourth-order valence-electron chi connectivity index (χ4n) is 0.659. The molecule has 64 valence electrons. The van der Waals surface area contributed by atoms with E-state index in [1.54, 1.807) is 6.92 Å². The number of aliphatic hydroxyl groups is 3. The van der Waals surface area contributed by atoms with Gasteiger partial charge in [0, 0.05) is 6.42 Å². The van der Waals surface area contributed by atoms with Crippen LogP contribution in [0, 0.1) is 11.8 Å². The van der Waals surface area contributed by atoms with E-state index in [1.165, 1.54) is 0 Å². The Bertz CT molecular complexity index is 145. The lowest BCUT2D eigenvalue weighted by atomic mass is 10.1. The van der Waals surface area contributed by atoms with Gasteiger partial charge in [0.15, 0.2) is 0 Å². The normalized spacial score (nSPS) is 14.9. The lowest BCUT2D eigenvalue weighted by Crippen LogP contribution is -2.28. The summed E-state index contributed by atoms with van der Waals surface area (Å²) in [6, 6.07) is 0. The number of aliphatic hydroxyl groups excluding tert-OH is 3. The molecule has 2 atom stereocenters. The van der Waals surface area contributed by atoms with Gasteiger partial charge in [0.25, 0.3) is 0 Å². The summed E-state index contributed by atoms with van der Waals surface area (Å²) >= 11 is 0. The molecule has 0 saturated carbocycles. The van der Waals surface area contributed by atoms with Crippen molar-refractivity contribution in [1.82, 2.24) is 0 Å². The third-order valence-corrected chi connectivity index (χ3v) is 1.37. The summed E-state index contributed by atoms with van der Waals surface area (Å²) in [5.74, 6) is 5.43. The van der Waals surface area contributed by atoms with Crippen molar-refractivity contribution in [2.45, 2.75) is 32.0 Å². The Morgan fingerprint density at radius 3 is 2.36 bits per heavy atom. The van der Waals surface area contributed by atoms with Crippen LogP contribution in [0.5, 0.6) is 0 Å². The van der Waals surface area contributed by atoms with Gasteiger partial charge in [-0.05, 0) is 13.3 Å². The Balaban J connectivity index is 3.48. The standard InChI is InChI=1S/C8H14O3/c1-2-3-4-5-7(10)8(11)6-9/h7-11H,4-6H2,1H3. The van der Waals surface area contributed by atoms with Crippen molar-refractivity contribution in [3.63, 3.8) is 0 Å². The van der Waals surface area contributed by atoms with Gasteiger partial charge in [-0.3, -0.25) is 0 Å². The minimum absolute atomic E-state index is 0.402. The molecule has 0 aliphatic rings. The molecule has 3 heteroatoms. The van der Waals surface area contributed by atoms with Crippen molar-refractivity contribution >= 4 is 0 Å². The van der Waals surface area contributed by atoms with Gasteiger partial charge in [0.2, 0.25) is 0 Å². The molecule has 0 aromatic rings. The Kier molecular flexibility index (Phi) is 5.86. The van der Waals surface area contributed by atoms with Crippen LogP contribution in [0.25, 0.3) is 0 Å². The maximum absolute atomic E-state index is 9.07. The summed E-state index contributed by atoms with van der Waals surface area (Å²) in [7, 11) is 0. The Morgan fingerprint density at radius 2 is 1.91 bits per heavy atom. The third kappa shape index (κ3) is 4.79. The van der Waals surface area contributed by atoms with E-state index >= 15 is 0 Å². The van der Waals surface area contributed by atoms with Crippen molar-refractivity contribution in [2.75, 3.05) is 6.61 Å². The van der Waals surface area contributed by atoms with Crippen LogP contribution in [0.3, 0.4) is 0 Å². The average molecular weight is 158 g/mol. The van der Waals surface area contributed by atoms with Crippen molar-refractivity contribution in [1.29, 1.82) is 0 Å². The van der Waals surface area contributed by atoms with Crippen molar-refractivity contribution in [3.05, 3.63) is 0 Å². The van der Waals surface area contributed by atoms with Crippen LogP contribution < -0.4 is 0 Å². The van der Waals surface area contributed by atoms with E-state index < -0.39 is 18.8 Å². The first-order valence-corrected chi connectivity index (χ1v) is 3.59. The maximum atomic E-state index is 9.07. The molecule has 0 aliphatic heterocycles.